The summed E-state index contributed by atoms with van der Waals surface area (Å²) in [4.78, 5) is 15.7. The third-order valence-corrected chi connectivity index (χ3v) is 5.34. The number of hydrogen-bond donors (Lipinski definition) is 3. The standard InChI is InChI=1S/C20H29N3O.ClH/c1-2-5-14-8-10-16(11-9-14)23-20(24)18(21)12-15-13-22-19-7-4-3-6-17(15)19;/h3-4,6-7,13-14,16,18,22H,2,5,8-12,21H2,1H3,(H,23,24);1H/t14?,16?,18-;/m0./s1. The number of H-pyrrole nitrogens is 1. The van der Waals surface area contributed by atoms with Crippen LogP contribution < -0.4 is 11.1 Å². The third-order valence-electron chi connectivity index (χ3n) is 5.34. The van der Waals surface area contributed by atoms with Gasteiger partial charge in [0.1, 0.15) is 0 Å². The summed E-state index contributed by atoms with van der Waals surface area (Å²) in [5.74, 6) is 0.835. The minimum atomic E-state index is -0.488. The highest BCUT2D eigenvalue weighted by Gasteiger charge is 2.24. The van der Waals surface area contributed by atoms with Crippen LogP contribution in [0.3, 0.4) is 0 Å². The Bertz CT molecular complexity index is 676. The summed E-state index contributed by atoms with van der Waals surface area (Å²) in [6, 6.07) is 7.95. The van der Waals surface area contributed by atoms with E-state index in [0.29, 0.717) is 12.5 Å². The Morgan fingerprint density at radius 3 is 2.72 bits per heavy atom. The summed E-state index contributed by atoms with van der Waals surface area (Å²) in [5.41, 5.74) is 8.37. The molecular weight excluding hydrogens is 334 g/mol. The smallest absolute Gasteiger partial charge is 0.237 e. The molecule has 5 heteroatoms. The molecule has 0 aliphatic heterocycles. The fourth-order valence-electron chi connectivity index (χ4n) is 3.94. The molecule has 25 heavy (non-hydrogen) atoms. The molecule has 1 saturated carbocycles. The molecular formula is C20H30ClN3O. The molecule has 1 fully saturated rings. The van der Waals surface area contributed by atoms with Gasteiger partial charge in [-0.2, -0.15) is 0 Å². The Morgan fingerprint density at radius 1 is 1.28 bits per heavy atom. The number of hydrogen-bond acceptors (Lipinski definition) is 2. The number of carbonyl (C=O) groups excluding carboxylic acids is 1. The van der Waals surface area contributed by atoms with Gasteiger partial charge in [0.25, 0.3) is 0 Å². The van der Waals surface area contributed by atoms with Crippen LogP contribution >= 0.6 is 12.4 Å². The first-order valence-electron chi connectivity index (χ1n) is 9.28. The highest BCUT2D eigenvalue weighted by atomic mass is 35.5. The molecule has 1 aliphatic carbocycles. The molecule has 0 bridgehead atoms. The van der Waals surface area contributed by atoms with Crippen LogP contribution in [0.1, 0.15) is 51.0 Å². The molecule has 0 unspecified atom stereocenters. The van der Waals surface area contributed by atoms with E-state index in [1.54, 1.807) is 0 Å². The number of amides is 1. The zero-order chi connectivity index (χ0) is 16.9. The van der Waals surface area contributed by atoms with Crippen molar-refractivity contribution in [2.45, 2.75) is 64.0 Å². The number of halogens is 1. The molecule has 1 atom stereocenters. The topological polar surface area (TPSA) is 70.9 Å². The second kappa shape index (κ2) is 9.25. The predicted octanol–water partition coefficient (Wildman–Crippen LogP) is 3.93. The third kappa shape index (κ3) is 4.99. The van der Waals surface area contributed by atoms with Crippen molar-refractivity contribution in [1.29, 1.82) is 0 Å². The molecule has 4 N–H and O–H groups in total. The van der Waals surface area contributed by atoms with Gasteiger partial charge < -0.3 is 16.0 Å². The molecule has 0 spiro atoms. The molecule has 0 saturated heterocycles. The first-order valence-corrected chi connectivity index (χ1v) is 9.28. The molecule has 138 valence electrons. The lowest BCUT2D eigenvalue weighted by Crippen LogP contribution is -2.47. The van der Waals surface area contributed by atoms with E-state index in [1.165, 1.54) is 25.7 Å². The van der Waals surface area contributed by atoms with E-state index in [-0.39, 0.29) is 18.3 Å². The van der Waals surface area contributed by atoms with Gasteiger partial charge >= 0.3 is 0 Å². The van der Waals surface area contributed by atoms with E-state index in [1.807, 2.05) is 24.4 Å². The van der Waals surface area contributed by atoms with Gasteiger partial charge in [-0.1, -0.05) is 38.0 Å². The number of nitrogens with one attached hydrogen (secondary N) is 2. The second-order valence-corrected chi connectivity index (χ2v) is 7.19. The molecule has 4 nitrogen and oxygen atoms in total. The van der Waals surface area contributed by atoms with Gasteiger partial charge in [0.15, 0.2) is 0 Å². The molecule has 1 aliphatic rings. The zero-order valence-corrected chi connectivity index (χ0v) is 15.8. The van der Waals surface area contributed by atoms with Crippen LogP contribution in [-0.4, -0.2) is 23.0 Å². The molecule has 1 aromatic heterocycles. The lowest BCUT2D eigenvalue weighted by molar-refractivity contribution is -0.123. The minimum Gasteiger partial charge on any atom is -0.361 e. The largest absolute Gasteiger partial charge is 0.361 e. The summed E-state index contributed by atoms with van der Waals surface area (Å²) in [7, 11) is 0. The Hall–Kier alpha value is -1.52. The molecule has 1 amide bonds. The lowest BCUT2D eigenvalue weighted by atomic mass is 9.83. The molecule has 1 heterocycles. The summed E-state index contributed by atoms with van der Waals surface area (Å²) in [6.45, 7) is 2.25. The van der Waals surface area contributed by atoms with Crippen LogP contribution in [0.2, 0.25) is 0 Å². The number of para-hydroxylation sites is 1. The van der Waals surface area contributed by atoms with Crippen LogP contribution in [0, 0.1) is 5.92 Å². The first-order chi connectivity index (χ1) is 11.7. The number of nitrogens with two attached hydrogens (primary N) is 1. The van der Waals surface area contributed by atoms with Gasteiger partial charge in [-0.25, -0.2) is 0 Å². The second-order valence-electron chi connectivity index (χ2n) is 7.19. The van der Waals surface area contributed by atoms with Crippen molar-refractivity contribution in [3.8, 4) is 0 Å². The summed E-state index contributed by atoms with van der Waals surface area (Å²) in [5, 5.41) is 4.32. The highest BCUT2D eigenvalue weighted by Crippen LogP contribution is 2.27. The summed E-state index contributed by atoms with van der Waals surface area (Å²) < 4.78 is 0. The molecule has 1 aromatic carbocycles. The van der Waals surface area contributed by atoms with Gasteiger partial charge in [0.2, 0.25) is 5.91 Å². The number of aromatic amines is 1. The monoisotopic (exact) mass is 363 g/mol. The SMILES string of the molecule is CCCC1CCC(NC(=O)[C@@H](N)Cc2c[nH]c3ccccc23)CC1.Cl. The van der Waals surface area contributed by atoms with Crippen molar-refractivity contribution >= 4 is 29.2 Å². The number of aromatic nitrogens is 1. The number of rotatable bonds is 6. The maximum Gasteiger partial charge on any atom is 0.237 e. The van der Waals surface area contributed by atoms with Gasteiger partial charge in [-0.3, -0.25) is 4.79 Å². The van der Waals surface area contributed by atoms with Crippen LogP contribution in [0.25, 0.3) is 10.9 Å². The van der Waals surface area contributed by atoms with Gasteiger partial charge in [-0.15, -0.1) is 12.4 Å². The minimum absolute atomic E-state index is 0. The van der Waals surface area contributed by atoms with Crippen LogP contribution in [0.4, 0.5) is 0 Å². The summed E-state index contributed by atoms with van der Waals surface area (Å²) >= 11 is 0. The van der Waals surface area contributed by atoms with Crippen molar-refractivity contribution in [2.24, 2.45) is 11.7 Å². The van der Waals surface area contributed by atoms with Crippen LogP contribution in [0.5, 0.6) is 0 Å². The van der Waals surface area contributed by atoms with E-state index in [2.05, 4.69) is 23.3 Å². The van der Waals surface area contributed by atoms with Crippen LogP contribution in [0.15, 0.2) is 30.5 Å². The normalized spacial score (nSPS) is 21.5. The van der Waals surface area contributed by atoms with Crippen LogP contribution in [-0.2, 0) is 11.2 Å². The van der Waals surface area contributed by atoms with Gasteiger partial charge in [0.05, 0.1) is 6.04 Å². The Labute approximate surface area is 156 Å². The van der Waals surface area contributed by atoms with Gasteiger partial charge in [0, 0.05) is 23.1 Å². The highest BCUT2D eigenvalue weighted by molar-refractivity contribution is 5.86. The maximum atomic E-state index is 12.4. The molecule has 3 rings (SSSR count). The van der Waals surface area contributed by atoms with E-state index in [9.17, 15) is 4.79 Å². The first kappa shape index (κ1) is 19.8. The van der Waals surface area contributed by atoms with Crippen molar-refractivity contribution in [3.63, 3.8) is 0 Å². The maximum absolute atomic E-state index is 12.4. The number of carbonyl (C=O) groups is 1. The van der Waals surface area contributed by atoms with E-state index in [4.69, 9.17) is 5.73 Å². The van der Waals surface area contributed by atoms with E-state index >= 15 is 0 Å². The number of benzene rings is 1. The molecule has 0 radical (unpaired) electrons. The van der Waals surface area contributed by atoms with Crippen molar-refractivity contribution in [2.75, 3.05) is 0 Å². The fraction of sp³-hybridized carbons (Fsp3) is 0.550. The van der Waals surface area contributed by atoms with Crippen molar-refractivity contribution in [3.05, 3.63) is 36.0 Å². The van der Waals surface area contributed by atoms with Crippen molar-refractivity contribution in [1.82, 2.24) is 10.3 Å². The Kier molecular flexibility index (Phi) is 7.33. The quantitative estimate of drug-likeness (QED) is 0.727. The van der Waals surface area contributed by atoms with Gasteiger partial charge in [-0.05, 0) is 49.7 Å². The van der Waals surface area contributed by atoms with E-state index in [0.717, 1.165) is 35.2 Å². The lowest BCUT2D eigenvalue weighted by Gasteiger charge is -2.29. The predicted molar refractivity (Wildman–Crippen MR) is 106 cm³/mol. The average Bonchev–Trinajstić information content (AvgIpc) is 3.00. The van der Waals surface area contributed by atoms with E-state index < -0.39 is 6.04 Å². The average molecular weight is 364 g/mol. The fourth-order valence-corrected chi connectivity index (χ4v) is 3.94. The summed E-state index contributed by atoms with van der Waals surface area (Å²) in [6.07, 6.45) is 9.77. The molecule has 2 aromatic rings. The Balaban J connectivity index is 0.00000225. The Morgan fingerprint density at radius 2 is 2.00 bits per heavy atom. The zero-order valence-electron chi connectivity index (χ0n) is 15.0. The van der Waals surface area contributed by atoms with Crippen molar-refractivity contribution < 1.29 is 4.79 Å². The number of fused-ring (bicyclic) bond motifs is 1.